The molecule has 0 unspecified atom stereocenters. The highest BCUT2D eigenvalue weighted by atomic mass is 16.5. The lowest BCUT2D eigenvalue weighted by atomic mass is 10.1. The van der Waals surface area contributed by atoms with Crippen LogP contribution in [-0.4, -0.2) is 38.5 Å². The molecule has 0 aromatic rings. The van der Waals surface area contributed by atoms with E-state index in [9.17, 15) is 0 Å². The minimum atomic E-state index is 0.128. The first-order chi connectivity index (χ1) is 7.81. The van der Waals surface area contributed by atoms with Gasteiger partial charge in [-0.2, -0.15) is 0 Å². The third-order valence-electron chi connectivity index (χ3n) is 2.00. The second kappa shape index (κ2) is 8.67. The summed E-state index contributed by atoms with van der Waals surface area (Å²) in [5, 5.41) is 3.38. The van der Waals surface area contributed by atoms with Crippen molar-refractivity contribution in [1.82, 2.24) is 5.32 Å². The Labute approximate surface area is 107 Å². The lowest BCUT2D eigenvalue weighted by Gasteiger charge is -2.21. The molecule has 0 aliphatic heterocycles. The molecule has 0 rings (SSSR count). The Kier molecular flexibility index (Phi) is 8.48. The van der Waals surface area contributed by atoms with Crippen molar-refractivity contribution in [3.05, 3.63) is 12.2 Å². The van der Waals surface area contributed by atoms with E-state index in [1.54, 1.807) is 0 Å². The summed E-state index contributed by atoms with van der Waals surface area (Å²) < 4.78 is 10.9. The maximum absolute atomic E-state index is 5.48. The van der Waals surface area contributed by atoms with Crippen LogP contribution in [0, 0.1) is 5.92 Å². The van der Waals surface area contributed by atoms with Gasteiger partial charge in [0.15, 0.2) is 0 Å². The van der Waals surface area contributed by atoms with Gasteiger partial charge in [-0.25, -0.2) is 0 Å². The first kappa shape index (κ1) is 16.6. The summed E-state index contributed by atoms with van der Waals surface area (Å²) in [5.74, 6) is 0.584. The second-order valence-corrected chi connectivity index (χ2v) is 5.87. The Morgan fingerprint density at radius 1 is 1.18 bits per heavy atom. The molecule has 0 radical (unpaired) electrons. The predicted octanol–water partition coefficient (Wildman–Crippen LogP) is 2.62. The van der Waals surface area contributed by atoms with Gasteiger partial charge in [-0.3, -0.25) is 0 Å². The lowest BCUT2D eigenvalue weighted by Crippen LogP contribution is -2.37. The Bertz CT molecular complexity index is 207. The maximum atomic E-state index is 5.48. The predicted molar refractivity (Wildman–Crippen MR) is 73.4 cm³/mol. The van der Waals surface area contributed by atoms with E-state index >= 15 is 0 Å². The first-order valence-corrected chi connectivity index (χ1v) is 6.38. The second-order valence-electron chi connectivity index (χ2n) is 5.87. The fraction of sp³-hybridized carbons (Fsp3) is 0.857. The third-order valence-corrected chi connectivity index (χ3v) is 2.00. The van der Waals surface area contributed by atoms with Crippen LogP contribution < -0.4 is 5.32 Å². The summed E-state index contributed by atoms with van der Waals surface area (Å²) in [6.07, 6.45) is 0. The standard InChI is InChI=1S/C14H29NO2/c1-12(2)10-16-7-8-17-11-13(3)9-15-14(4,5)6/h12,15H,3,7-11H2,1-2,4-6H3. The zero-order valence-electron chi connectivity index (χ0n) is 12.1. The van der Waals surface area contributed by atoms with Gasteiger partial charge in [-0.1, -0.05) is 20.4 Å². The van der Waals surface area contributed by atoms with E-state index in [2.05, 4.69) is 46.5 Å². The van der Waals surface area contributed by atoms with Gasteiger partial charge in [-0.15, -0.1) is 0 Å². The Morgan fingerprint density at radius 2 is 1.76 bits per heavy atom. The Balaban J connectivity index is 3.34. The monoisotopic (exact) mass is 243 g/mol. The molecule has 0 aromatic carbocycles. The molecule has 0 spiro atoms. The topological polar surface area (TPSA) is 30.5 Å². The molecule has 0 fully saturated rings. The summed E-state index contributed by atoms with van der Waals surface area (Å²) in [7, 11) is 0. The highest BCUT2D eigenvalue weighted by Crippen LogP contribution is 2.00. The van der Waals surface area contributed by atoms with E-state index in [1.165, 1.54) is 0 Å². The summed E-state index contributed by atoms with van der Waals surface area (Å²) in [5.41, 5.74) is 1.20. The molecule has 0 aliphatic carbocycles. The molecular formula is C14H29NO2. The van der Waals surface area contributed by atoms with E-state index < -0.39 is 0 Å². The molecule has 0 amide bonds. The molecule has 0 saturated carbocycles. The molecule has 102 valence electrons. The van der Waals surface area contributed by atoms with Crippen LogP contribution in [0.2, 0.25) is 0 Å². The summed E-state index contributed by atoms with van der Waals surface area (Å²) in [6, 6.07) is 0. The van der Waals surface area contributed by atoms with Gasteiger partial charge in [0, 0.05) is 18.7 Å². The van der Waals surface area contributed by atoms with Gasteiger partial charge in [0.05, 0.1) is 19.8 Å². The third kappa shape index (κ3) is 13.6. The minimum Gasteiger partial charge on any atom is -0.379 e. The van der Waals surface area contributed by atoms with Crippen molar-refractivity contribution >= 4 is 0 Å². The van der Waals surface area contributed by atoms with Crippen LogP contribution in [0.3, 0.4) is 0 Å². The molecule has 3 heteroatoms. The van der Waals surface area contributed by atoms with Crippen LogP contribution in [0.4, 0.5) is 0 Å². The zero-order valence-corrected chi connectivity index (χ0v) is 12.1. The smallest absolute Gasteiger partial charge is 0.0704 e. The van der Waals surface area contributed by atoms with E-state index in [4.69, 9.17) is 9.47 Å². The molecule has 3 nitrogen and oxygen atoms in total. The van der Waals surface area contributed by atoms with Gasteiger partial charge in [0.2, 0.25) is 0 Å². The largest absolute Gasteiger partial charge is 0.379 e. The molecule has 0 saturated heterocycles. The van der Waals surface area contributed by atoms with Crippen LogP contribution >= 0.6 is 0 Å². The number of rotatable bonds is 9. The average molecular weight is 243 g/mol. The maximum Gasteiger partial charge on any atom is 0.0704 e. The molecule has 1 N–H and O–H groups in total. The Hall–Kier alpha value is -0.380. The number of nitrogens with one attached hydrogen (secondary N) is 1. The van der Waals surface area contributed by atoms with Gasteiger partial charge in [0.1, 0.15) is 0 Å². The molecule has 0 aliphatic rings. The number of ether oxygens (including phenoxy) is 2. The van der Waals surface area contributed by atoms with Crippen molar-refractivity contribution in [2.24, 2.45) is 5.92 Å². The van der Waals surface area contributed by atoms with E-state index in [0.29, 0.717) is 25.7 Å². The summed E-state index contributed by atoms with van der Waals surface area (Å²) in [4.78, 5) is 0. The highest BCUT2D eigenvalue weighted by Gasteiger charge is 2.08. The van der Waals surface area contributed by atoms with Crippen molar-refractivity contribution in [1.29, 1.82) is 0 Å². The fourth-order valence-corrected chi connectivity index (χ4v) is 1.09. The minimum absolute atomic E-state index is 0.128. The van der Waals surface area contributed by atoms with Crippen LogP contribution in [0.25, 0.3) is 0 Å². The van der Waals surface area contributed by atoms with Crippen molar-refractivity contribution in [3.63, 3.8) is 0 Å². The van der Waals surface area contributed by atoms with Crippen LogP contribution in [0.15, 0.2) is 12.2 Å². The highest BCUT2D eigenvalue weighted by molar-refractivity contribution is 4.98. The van der Waals surface area contributed by atoms with Crippen molar-refractivity contribution in [2.45, 2.75) is 40.2 Å². The molecule has 17 heavy (non-hydrogen) atoms. The lowest BCUT2D eigenvalue weighted by molar-refractivity contribution is 0.0447. The first-order valence-electron chi connectivity index (χ1n) is 6.38. The van der Waals surface area contributed by atoms with E-state index in [0.717, 1.165) is 18.7 Å². The fourth-order valence-electron chi connectivity index (χ4n) is 1.09. The Morgan fingerprint density at radius 3 is 2.29 bits per heavy atom. The zero-order chi connectivity index (χ0) is 13.3. The van der Waals surface area contributed by atoms with Gasteiger partial charge in [0.25, 0.3) is 0 Å². The van der Waals surface area contributed by atoms with Gasteiger partial charge in [-0.05, 0) is 32.3 Å². The van der Waals surface area contributed by atoms with Crippen LogP contribution in [-0.2, 0) is 9.47 Å². The van der Waals surface area contributed by atoms with Crippen LogP contribution in [0.5, 0.6) is 0 Å². The van der Waals surface area contributed by atoms with Gasteiger partial charge >= 0.3 is 0 Å². The van der Waals surface area contributed by atoms with Crippen molar-refractivity contribution < 1.29 is 9.47 Å². The molecule has 0 aromatic heterocycles. The normalized spacial score (nSPS) is 12.1. The SMILES string of the molecule is C=C(CNC(C)(C)C)COCCOCC(C)C. The summed E-state index contributed by atoms with van der Waals surface area (Å²) in [6.45, 7) is 18.2. The van der Waals surface area contributed by atoms with Gasteiger partial charge < -0.3 is 14.8 Å². The number of hydrogen-bond acceptors (Lipinski definition) is 3. The van der Waals surface area contributed by atoms with Crippen molar-refractivity contribution in [2.75, 3.05) is 33.0 Å². The summed E-state index contributed by atoms with van der Waals surface area (Å²) >= 11 is 0. The average Bonchev–Trinajstić information content (AvgIpc) is 2.19. The van der Waals surface area contributed by atoms with E-state index in [1.807, 2.05) is 0 Å². The molecule has 0 heterocycles. The van der Waals surface area contributed by atoms with E-state index in [-0.39, 0.29) is 5.54 Å². The molecular weight excluding hydrogens is 214 g/mol. The quantitative estimate of drug-likeness (QED) is 0.499. The molecule has 0 bridgehead atoms. The van der Waals surface area contributed by atoms with Crippen molar-refractivity contribution in [3.8, 4) is 0 Å². The number of hydrogen-bond donors (Lipinski definition) is 1. The molecule has 0 atom stereocenters. The van der Waals surface area contributed by atoms with Crippen LogP contribution in [0.1, 0.15) is 34.6 Å².